The second-order valence-corrected chi connectivity index (χ2v) is 3.78. The summed E-state index contributed by atoms with van der Waals surface area (Å²) in [6.45, 7) is 1.15. The molecule has 1 heterocycles. The van der Waals surface area contributed by atoms with Gasteiger partial charge in [-0.3, -0.25) is 0 Å². The third-order valence-electron chi connectivity index (χ3n) is 2.83. The lowest BCUT2D eigenvalue weighted by molar-refractivity contribution is 0.406. The van der Waals surface area contributed by atoms with Crippen molar-refractivity contribution >= 4 is 12.4 Å². The van der Waals surface area contributed by atoms with Crippen LogP contribution in [-0.4, -0.2) is 13.7 Å². The molecule has 0 bridgehead atoms. The van der Waals surface area contributed by atoms with Gasteiger partial charge in [0.05, 0.1) is 7.11 Å². The molecule has 1 saturated heterocycles. The van der Waals surface area contributed by atoms with Crippen molar-refractivity contribution in [3.63, 3.8) is 0 Å². The number of halogens is 1. The van der Waals surface area contributed by atoms with Gasteiger partial charge in [0, 0.05) is 6.04 Å². The van der Waals surface area contributed by atoms with Crippen LogP contribution in [0.1, 0.15) is 30.9 Å². The lowest BCUT2D eigenvalue weighted by atomic mass is 9.98. The first-order chi connectivity index (χ1) is 6.90. The largest absolute Gasteiger partial charge is 0.497 e. The van der Waals surface area contributed by atoms with E-state index in [1.807, 2.05) is 12.1 Å². The van der Waals surface area contributed by atoms with Crippen molar-refractivity contribution in [3.8, 4) is 5.75 Å². The molecular weight excluding hydrogens is 210 g/mol. The topological polar surface area (TPSA) is 21.3 Å². The van der Waals surface area contributed by atoms with E-state index in [9.17, 15) is 0 Å². The highest BCUT2D eigenvalue weighted by atomic mass is 35.5. The third-order valence-corrected chi connectivity index (χ3v) is 2.83. The van der Waals surface area contributed by atoms with Crippen LogP contribution in [0.2, 0.25) is 0 Å². The predicted octanol–water partition coefficient (Wildman–Crippen LogP) is 2.93. The van der Waals surface area contributed by atoms with E-state index in [-0.39, 0.29) is 12.4 Å². The Morgan fingerprint density at radius 1 is 1.20 bits per heavy atom. The Morgan fingerprint density at radius 2 is 1.93 bits per heavy atom. The molecule has 3 heteroatoms. The molecule has 1 aliphatic heterocycles. The maximum absolute atomic E-state index is 5.14. The number of piperidine rings is 1. The molecule has 1 aromatic rings. The van der Waals surface area contributed by atoms with Gasteiger partial charge >= 0.3 is 0 Å². The lowest BCUT2D eigenvalue weighted by Crippen LogP contribution is -2.26. The van der Waals surface area contributed by atoms with Gasteiger partial charge in [-0.1, -0.05) is 18.6 Å². The van der Waals surface area contributed by atoms with Crippen LogP contribution in [0.5, 0.6) is 5.75 Å². The standard InChI is InChI=1S/C12H17NO.ClH/c1-14-11-7-5-10(6-8-11)12-4-2-3-9-13-12;/h5-8,12-13H,2-4,9H2,1H3;1H/t12-;/m0./s1. The van der Waals surface area contributed by atoms with Gasteiger partial charge < -0.3 is 10.1 Å². The van der Waals surface area contributed by atoms with Gasteiger partial charge in [-0.05, 0) is 37.1 Å². The first-order valence-electron chi connectivity index (χ1n) is 5.27. The minimum atomic E-state index is 0. The Balaban J connectivity index is 0.00000112. The molecule has 0 aliphatic carbocycles. The SMILES string of the molecule is COc1ccc([C@@H]2CCCCN2)cc1.Cl. The zero-order chi connectivity index (χ0) is 9.80. The Labute approximate surface area is 97.4 Å². The molecule has 0 amide bonds. The summed E-state index contributed by atoms with van der Waals surface area (Å²) in [5.74, 6) is 0.935. The summed E-state index contributed by atoms with van der Waals surface area (Å²) in [5.41, 5.74) is 1.38. The number of hydrogen-bond acceptors (Lipinski definition) is 2. The average molecular weight is 228 g/mol. The second-order valence-electron chi connectivity index (χ2n) is 3.78. The first-order valence-corrected chi connectivity index (χ1v) is 5.27. The van der Waals surface area contributed by atoms with Gasteiger partial charge in [0.1, 0.15) is 5.75 Å². The normalized spacial score (nSPS) is 20.5. The minimum Gasteiger partial charge on any atom is -0.497 e. The Hall–Kier alpha value is -0.730. The number of methoxy groups -OCH3 is 1. The van der Waals surface area contributed by atoms with E-state index in [2.05, 4.69) is 17.4 Å². The van der Waals surface area contributed by atoms with Crippen LogP contribution in [0, 0.1) is 0 Å². The van der Waals surface area contributed by atoms with E-state index in [1.54, 1.807) is 7.11 Å². The average Bonchev–Trinajstić information content (AvgIpc) is 2.30. The zero-order valence-electron chi connectivity index (χ0n) is 9.03. The molecule has 0 unspecified atom stereocenters. The third kappa shape index (κ3) is 3.11. The van der Waals surface area contributed by atoms with Crippen LogP contribution in [0.15, 0.2) is 24.3 Å². The second kappa shape index (κ2) is 5.99. The van der Waals surface area contributed by atoms with Crippen molar-refractivity contribution in [3.05, 3.63) is 29.8 Å². The van der Waals surface area contributed by atoms with Gasteiger partial charge in [0.25, 0.3) is 0 Å². The molecule has 1 aromatic carbocycles. The molecule has 1 fully saturated rings. The van der Waals surface area contributed by atoms with Crippen molar-refractivity contribution < 1.29 is 4.74 Å². The number of hydrogen-bond donors (Lipinski definition) is 1. The first kappa shape index (κ1) is 12.3. The van der Waals surface area contributed by atoms with Gasteiger partial charge in [0.2, 0.25) is 0 Å². The summed E-state index contributed by atoms with van der Waals surface area (Å²) in [4.78, 5) is 0. The summed E-state index contributed by atoms with van der Waals surface area (Å²) in [5, 5.41) is 3.53. The summed E-state index contributed by atoms with van der Waals surface area (Å²) < 4.78 is 5.14. The highest BCUT2D eigenvalue weighted by Crippen LogP contribution is 2.24. The summed E-state index contributed by atoms with van der Waals surface area (Å²) >= 11 is 0. The summed E-state index contributed by atoms with van der Waals surface area (Å²) in [6.07, 6.45) is 3.91. The molecule has 0 radical (unpaired) electrons. The lowest BCUT2D eigenvalue weighted by Gasteiger charge is -2.23. The molecule has 0 aromatic heterocycles. The van der Waals surface area contributed by atoms with E-state index in [0.717, 1.165) is 12.3 Å². The summed E-state index contributed by atoms with van der Waals surface area (Å²) in [6, 6.07) is 8.93. The molecule has 84 valence electrons. The molecule has 2 rings (SSSR count). The minimum absolute atomic E-state index is 0. The van der Waals surface area contributed by atoms with Crippen molar-refractivity contribution in [2.75, 3.05) is 13.7 Å². The van der Waals surface area contributed by atoms with Gasteiger partial charge in [-0.15, -0.1) is 12.4 Å². The number of nitrogens with one attached hydrogen (secondary N) is 1. The van der Waals surface area contributed by atoms with Crippen molar-refractivity contribution in [1.29, 1.82) is 0 Å². The molecule has 2 nitrogen and oxygen atoms in total. The van der Waals surface area contributed by atoms with E-state index >= 15 is 0 Å². The Bertz CT molecular complexity index is 280. The molecule has 15 heavy (non-hydrogen) atoms. The van der Waals surface area contributed by atoms with Crippen LogP contribution in [0.25, 0.3) is 0 Å². The van der Waals surface area contributed by atoms with E-state index < -0.39 is 0 Å². The van der Waals surface area contributed by atoms with Crippen molar-refractivity contribution in [1.82, 2.24) is 5.32 Å². The number of benzene rings is 1. The maximum Gasteiger partial charge on any atom is 0.118 e. The molecule has 1 atom stereocenters. The summed E-state index contributed by atoms with van der Waals surface area (Å²) in [7, 11) is 1.70. The maximum atomic E-state index is 5.14. The van der Waals surface area contributed by atoms with Crippen LogP contribution in [0.3, 0.4) is 0 Å². The number of ether oxygens (including phenoxy) is 1. The molecule has 0 saturated carbocycles. The fraction of sp³-hybridized carbons (Fsp3) is 0.500. The molecule has 1 N–H and O–H groups in total. The Kier molecular flexibility index (Phi) is 4.92. The highest BCUT2D eigenvalue weighted by molar-refractivity contribution is 5.85. The van der Waals surface area contributed by atoms with Gasteiger partial charge in [-0.2, -0.15) is 0 Å². The van der Waals surface area contributed by atoms with Crippen LogP contribution in [0.4, 0.5) is 0 Å². The quantitative estimate of drug-likeness (QED) is 0.839. The number of rotatable bonds is 2. The smallest absolute Gasteiger partial charge is 0.118 e. The molecular formula is C12H18ClNO. The van der Waals surface area contributed by atoms with Crippen LogP contribution in [-0.2, 0) is 0 Å². The van der Waals surface area contributed by atoms with E-state index in [4.69, 9.17) is 4.74 Å². The fourth-order valence-corrected chi connectivity index (χ4v) is 1.97. The highest BCUT2D eigenvalue weighted by Gasteiger charge is 2.13. The molecule has 1 aliphatic rings. The fourth-order valence-electron chi connectivity index (χ4n) is 1.97. The Morgan fingerprint density at radius 3 is 2.47 bits per heavy atom. The predicted molar refractivity (Wildman–Crippen MR) is 64.8 cm³/mol. The van der Waals surface area contributed by atoms with Crippen molar-refractivity contribution in [2.45, 2.75) is 25.3 Å². The molecule has 0 spiro atoms. The zero-order valence-corrected chi connectivity index (χ0v) is 9.85. The monoisotopic (exact) mass is 227 g/mol. The van der Waals surface area contributed by atoms with E-state index in [1.165, 1.54) is 24.8 Å². The van der Waals surface area contributed by atoms with Crippen molar-refractivity contribution in [2.24, 2.45) is 0 Å². The van der Waals surface area contributed by atoms with E-state index in [0.29, 0.717) is 6.04 Å². The van der Waals surface area contributed by atoms with Crippen LogP contribution < -0.4 is 10.1 Å². The van der Waals surface area contributed by atoms with Gasteiger partial charge in [-0.25, -0.2) is 0 Å². The van der Waals surface area contributed by atoms with Gasteiger partial charge in [0.15, 0.2) is 0 Å². The van der Waals surface area contributed by atoms with Crippen LogP contribution >= 0.6 is 12.4 Å².